The maximum absolute atomic E-state index is 12.9. The lowest BCUT2D eigenvalue weighted by molar-refractivity contribution is 0.0702. The number of fused-ring (bicyclic) bond motifs is 3. The number of halogens is 1. The highest BCUT2D eigenvalue weighted by molar-refractivity contribution is 6.30. The van der Waals surface area contributed by atoms with Crippen molar-refractivity contribution in [1.82, 2.24) is 14.3 Å². The summed E-state index contributed by atoms with van der Waals surface area (Å²) in [5, 5.41) is 1.33. The molecule has 0 saturated heterocycles. The zero-order chi connectivity index (χ0) is 18.5. The molecule has 0 N–H and O–H groups in total. The molecule has 1 amide bonds. The first-order valence-corrected chi connectivity index (χ1v) is 8.95. The van der Waals surface area contributed by atoms with Crippen LogP contribution in [-0.2, 0) is 13.0 Å². The van der Waals surface area contributed by atoms with Gasteiger partial charge in [-0.1, -0.05) is 29.8 Å². The van der Waals surface area contributed by atoms with Gasteiger partial charge in [-0.2, -0.15) is 0 Å². The van der Waals surface area contributed by atoms with Crippen LogP contribution in [0.15, 0.2) is 57.9 Å². The smallest absolute Gasteiger partial charge is 0.289 e. The fraction of sp³-hybridized carbons (Fsp3) is 0.150. The summed E-state index contributed by atoms with van der Waals surface area (Å²) in [4.78, 5) is 32.0. The molecule has 134 valence electrons. The van der Waals surface area contributed by atoms with Crippen molar-refractivity contribution < 1.29 is 9.21 Å². The molecule has 3 aromatic heterocycles. The lowest BCUT2D eigenvalue weighted by Gasteiger charge is -2.27. The molecule has 0 bridgehead atoms. The lowest BCUT2D eigenvalue weighted by atomic mass is 10.1. The van der Waals surface area contributed by atoms with E-state index < -0.39 is 0 Å². The molecule has 0 saturated carbocycles. The molecule has 5 rings (SSSR count). The monoisotopic (exact) mass is 379 g/mol. The third kappa shape index (κ3) is 2.61. The molecule has 1 aliphatic rings. The van der Waals surface area contributed by atoms with Gasteiger partial charge in [0.15, 0.2) is 5.76 Å². The summed E-state index contributed by atoms with van der Waals surface area (Å²) in [6.07, 6.45) is 2.07. The Morgan fingerprint density at radius 3 is 2.89 bits per heavy atom. The van der Waals surface area contributed by atoms with E-state index in [-0.39, 0.29) is 23.8 Å². The van der Waals surface area contributed by atoms with E-state index in [0.29, 0.717) is 34.8 Å². The van der Waals surface area contributed by atoms with Crippen LogP contribution in [0.2, 0.25) is 5.02 Å². The lowest BCUT2D eigenvalue weighted by Crippen LogP contribution is -2.40. The van der Waals surface area contributed by atoms with Crippen molar-refractivity contribution >= 4 is 34.1 Å². The average molecular weight is 380 g/mol. The molecule has 0 atom stereocenters. The second-order valence-electron chi connectivity index (χ2n) is 6.54. The first-order valence-electron chi connectivity index (χ1n) is 8.58. The van der Waals surface area contributed by atoms with Gasteiger partial charge in [-0.25, -0.2) is 4.98 Å². The minimum Gasteiger partial charge on any atom is -0.451 e. The molecule has 4 aromatic rings. The molecule has 1 aromatic carbocycles. The van der Waals surface area contributed by atoms with Crippen LogP contribution < -0.4 is 5.56 Å². The highest BCUT2D eigenvalue weighted by atomic mass is 35.5. The van der Waals surface area contributed by atoms with Crippen LogP contribution in [-0.4, -0.2) is 26.7 Å². The summed E-state index contributed by atoms with van der Waals surface area (Å²) in [5.74, 6) is 0.0454. The summed E-state index contributed by atoms with van der Waals surface area (Å²) < 4.78 is 7.11. The molecular formula is C20H14ClN3O3. The Morgan fingerprint density at radius 2 is 2.04 bits per heavy atom. The van der Waals surface area contributed by atoms with Crippen molar-refractivity contribution in [1.29, 1.82) is 0 Å². The molecule has 0 fully saturated rings. The summed E-state index contributed by atoms with van der Waals surface area (Å²) in [6, 6.07) is 12.6. The number of aromatic nitrogens is 2. The number of benzene rings is 1. The van der Waals surface area contributed by atoms with Gasteiger partial charge in [-0.3, -0.25) is 14.0 Å². The SMILES string of the molecule is O=C(c1cc2ccccc2o1)N1CCc2nc3ccc(Cl)cn3c(=O)c2C1. The summed E-state index contributed by atoms with van der Waals surface area (Å²) >= 11 is 6.01. The van der Waals surface area contributed by atoms with Crippen molar-refractivity contribution in [2.75, 3.05) is 6.54 Å². The number of pyridine rings is 1. The maximum Gasteiger partial charge on any atom is 0.289 e. The number of carbonyl (C=O) groups is 1. The minimum atomic E-state index is -0.229. The zero-order valence-corrected chi connectivity index (χ0v) is 14.9. The Labute approximate surface area is 158 Å². The topological polar surface area (TPSA) is 67.8 Å². The van der Waals surface area contributed by atoms with E-state index in [0.717, 1.165) is 11.1 Å². The van der Waals surface area contributed by atoms with Gasteiger partial charge >= 0.3 is 0 Å². The zero-order valence-electron chi connectivity index (χ0n) is 14.2. The van der Waals surface area contributed by atoms with Crippen LogP contribution in [0.25, 0.3) is 16.6 Å². The number of furan rings is 1. The highest BCUT2D eigenvalue weighted by Crippen LogP contribution is 2.23. The number of para-hydroxylation sites is 1. The maximum atomic E-state index is 12.9. The van der Waals surface area contributed by atoms with Gasteiger partial charge in [-0.05, 0) is 24.3 Å². The molecule has 7 heteroatoms. The first-order chi connectivity index (χ1) is 13.1. The van der Waals surface area contributed by atoms with Crippen LogP contribution in [0, 0.1) is 0 Å². The van der Waals surface area contributed by atoms with Crippen molar-refractivity contribution in [3.8, 4) is 0 Å². The van der Waals surface area contributed by atoms with E-state index in [1.165, 1.54) is 4.40 Å². The van der Waals surface area contributed by atoms with Gasteiger partial charge in [0.2, 0.25) is 0 Å². The van der Waals surface area contributed by atoms with E-state index in [2.05, 4.69) is 4.98 Å². The largest absolute Gasteiger partial charge is 0.451 e. The third-order valence-electron chi connectivity index (χ3n) is 4.86. The Balaban J connectivity index is 1.53. The van der Waals surface area contributed by atoms with Gasteiger partial charge in [0.25, 0.3) is 11.5 Å². The molecule has 0 radical (unpaired) electrons. The normalized spacial score (nSPS) is 13.9. The number of rotatable bonds is 1. The molecule has 4 heterocycles. The molecule has 0 unspecified atom stereocenters. The molecular weight excluding hydrogens is 366 g/mol. The number of hydrogen-bond donors (Lipinski definition) is 0. The third-order valence-corrected chi connectivity index (χ3v) is 5.08. The van der Waals surface area contributed by atoms with Gasteiger partial charge in [0.05, 0.1) is 22.8 Å². The average Bonchev–Trinajstić information content (AvgIpc) is 3.12. The standard InChI is InChI=1S/C20H14ClN3O3/c21-13-5-6-18-22-15-7-8-23(11-14(15)19(25)24(18)10-13)20(26)17-9-12-3-1-2-4-16(12)27-17/h1-6,9-10H,7-8,11H2. The fourth-order valence-electron chi connectivity index (χ4n) is 3.49. The van der Waals surface area contributed by atoms with Crippen molar-refractivity contribution in [2.24, 2.45) is 0 Å². The van der Waals surface area contributed by atoms with Crippen LogP contribution in [0.3, 0.4) is 0 Å². The van der Waals surface area contributed by atoms with Crippen molar-refractivity contribution in [2.45, 2.75) is 13.0 Å². The van der Waals surface area contributed by atoms with Gasteiger partial charge in [0.1, 0.15) is 11.2 Å². The molecule has 0 spiro atoms. The second-order valence-corrected chi connectivity index (χ2v) is 6.98. The molecule has 27 heavy (non-hydrogen) atoms. The van der Waals surface area contributed by atoms with E-state index in [4.69, 9.17) is 16.0 Å². The van der Waals surface area contributed by atoms with Crippen LogP contribution in [0.1, 0.15) is 21.8 Å². The highest BCUT2D eigenvalue weighted by Gasteiger charge is 2.27. The Morgan fingerprint density at radius 1 is 1.19 bits per heavy atom. The van der Waals surface area contributed by atoms with Gasteiger partial charge in [0, 0.05) is 24.5 Å². The minimum absolute atomic E-state index is 0.195. The predicted molar refractivity (Wildman–Crippen MR) is 101 cm³/mol. The Hall–Kier alpha value is -3.12. The second kappa shape index (κ2) is 5.96. The van der Waals surface area contributed by atoms with Crippen molar-refractivity contribution in [3.05, 3.63) is 81.1 Å². The quantitative estimate of drug-likeness (QED) is 0.509. The summed E-state index contributed by atoms with van der Waals surface area (Å²) in [7, 11) is 0. The van der Waals surface area contributed by atoms with Crippen LogP contribution >= 0.6 is 11.6 Å². The van der Waals surface area contributed by atoms with E-state index in [9.17, 15) is 9.59 Å². The van der Waals surface area contributed by atoms with Crippen LogP contribution in [0.4, 0.5) is 0 Å². The van der Waals surface area contributed by atoms with E-state index in [1.807, 2.05) is 24.3 Å². The number of hydrogen-bond acceptors (Lipinski definition) is 4. The number of carbonyl (C=O) groups excluding carboxylic acids is 1. The van der Waals surface area contributed by atoms with E-state index >= 15 is 0 Å². The predicted octanol–water partition coefficient (Wildman–Crippen LogP) is 3.29. The van der Waals surface area contributed by atoms with Gasteiger partial charge in [-0.15, -0.1) is 0 Å². The number of amides is 1. The van der Waals surface area contributed by atoms with Crippen LogP contribution in [0.5, 0.6) is 0 Å². The molecule has 1 aliphatic heterocycles. The Bertz CT molecular complexity index is 1240. The Kier molecular flexibility index (Phi) is 3.55. The summed E-state index contributed by atoms with van der Waals surface area (Å²) in [6.45, 7) is 0.686. The van der Waals surface area contributed by atoms with Crippen molar-refractivity contribution in [3.63, 3.8) is 0 Å². The van der Waals surface area contributed by atoms with E-state index in [1.54, 1.807) is 29.3 Å². The van der Waals surface area contributed by atoms with Gasteiger partial charge < -0.3 is 9.32 Å². The number of nitrogens with zero attached hydrogens (tertiary/aromatic N) is 3. The first kappa shape index (κ1) is 16.1. The molecule has 6 nitrogen and oxygen atoms in total. The molecule has 0 aliphatic carbocycles. The summed E-state index contributed by atoms with van der Waals surface area (Å²) in [5.41, 5.74) is 2.28. The fourth-order valence-corrected chi connectivity index (χ4v) is 3.65.